The van der Waals surface area contributed by atoms with Gasteiger partial charge in [-0.1, -0.05) is 34.5 Å². The highest BCUT2D eigenvalue weighted by atomic mass is 79.9. The molecule has 1 atom stereocenters. The van der Waals surface area contributed by atoms with Crippen molar-refractivity contribution >= 4 is 38.9 Å². The Labute approximate surface area is 132 Å². The van der Waals surface area contributed by atoms with Crippen molar-refractivity contribution in [2.75, 3.05) is 6.54 Å². The Morgan fingerprint density at radius 2 is 2.11 bits per heavy atom. The van der Waals surface area contributed by atoms with E-state index in [-0.39, 0.29) is 6.04 Å². The molecule has 0 saturated heterocycles. The number of hydrogen-bond donors (Lipinski definition) is 1. The van der Waals surface area contributed by atoms with Crippen LogP contribution >= 0.6 is 38.9 Å². The molecule has 2 aromatic rings. The van der Waals surface area contributed by atoms with Crippen LogP contribution in [0.2, 0.25) is 5.02 Å². The van der Waals surface area contributed by atoms with Gasteiger partial charge in [-0.2, -0.15) is 0 Å². The summed E-state index contributed by atoms with van der Waals surface area (Å²) in [6.45, 7) is 5.28. The van der Waals surface area contributed by atoms with E-state index >= 15 is 0 Å². The summed E-state index contributed by atoms with van der Waals surface area (Å²) in [4.78, 5) is 2.63. The van der Waals surface area contributed by atoms with Crippen molar-refractivity contribution in [2.45, 2.75) is 26.3 Å². The fourth-order valence-corrected chi connectivity index (χ4v) is 3.57. The Morgan fingerprint density at radius 1 is 1.32 bits per heavy atom. The third-order valence-corrected chi connectivity index (χ3v) is 4.82. The summed E-state index contributed by atoms with van der Waals surface area (Å²) >= 11 is 11.7. The Morgan fingerprint density at radius 3 is 2.74 bits per heavy atom. The Kier molecular flexibility index (Phi) is 5.46. The molecule has 0 fully saturated rings. The molecular weight excluding hydrogens is 342 g/mol. The van der Waals surface area contributed by atoms with Crippen LogP contribution in [0.5, 0.6) is 0 Å². The van der Waals surface area contributed by atoms with Gasteiger partial charge in [-0.25, -0.2) is 0 Å². The average molecular weight is 359 g/mol. The van der Waals surface area contributed by atoms with Crippen LogP contribution < -0.4 is 5.32 Å². The summed E-state index contributed by atoms with van der Waals surface area (Å²) in [6.07, 6.45) is 1.10. The molecule has 0 amide bonds. The third kappa shape index (κ3) is 3.82. The quantitative estimate of drug-likeness (QED) is 0.737. The first-order valence-electron chi connectivity index (χ1n) is 6.36. The largest absolute Gasteiger partial charge is 0.306 e. The number of thiophene rings is 1. The van der Waals surface area contributed by atoms with Gasteiger partial charge in [0.05, 0.1) is 6.04 Å². The number of halogens is 2. The van der Waals surface area contributed by atoms with Gasteiger partial charge < -0.3 is 5.32 Å². The van der Waals surface area contributed by atoms with Crippen molar-refractivity contribution in [3.8, 4) is 0 Å². The standard InChI is InChI=1S/C15H17BrClNS/c1-3-8-18-15(14-7-4-10(2)19-14)12-9-11(16)5-6-13(12)17/h4-7,9,15,18H,3,8H2,1-2H3. The highest BCUT2D eigenvalue weighted by Crippen LogP contribution is 2.34. The molecule has 0 aliphatic carbocycles. The number of rotatable bonds is 5. The summed E-state index contributed by atoms with van der Waals surface area (Å²) in [5.74, 6) is 0. The van der Waals surface area contributed by atoms with Crippen LogP contribution in [0.25, 0.3) is 0 Å². The first-order valence-corrected chi connectivity index (χ1v) is 8.35. The lowest BCUT2D eigenvalue weighted by molar-refractivity contribution is 0.606. The normalized spacial score (nSPS) is 12.6. The van der Waals surface area contributed by atoms with Crippen molar-refractivity contribution in [3.63, 3.8) is 0 Å². The Bertz CT molecular complexity index is 553. The molecule has 0 radical (unpaired) electrons. The van der Waals surface area contributed by atoms with Crippen LogP contribution in [-0.2, 0) is 0 Å². The van der Waals surface area contributed by atoms with Crippen molar-refractivity contribution in [3.05, 3.63) is 55.1 Å². The van der Waals surface area contributed by atoms with E-state index in [1.165, 1.54) is 9.75 Å². The molecule has 1 nitrogen and oxygen atoms in total. The molecule has 1 N–H and O–H groups in total. The van der Waals surface area contributed by atoms with E-state index in [2.05, 4.69) is 53.3 Å². The zero-order chi connectivity index (χ0) is 13.8. The molecule has 1 heterocycles. The molecule has 102 valence electrons. The van der Waals surface area contributed by atoms with Crippen LogP contribution in [-0.4, -0.2) is 6.54 Å². The highest BCUT2D eigenvalue weighted by Gasteiger charge is 2.18. The first kappa shape index (κ1) is 15.0. The fraction of sp³-hybridized carbons (Fsp3) is 0.333. The van der Waals surface area contributed by atoms with Gasteiger partial charge in [-0.15, -0.1) is 11.3 Å². The maximum atomic E-state index is 6.37. The molecular formula is C15H17BrClNS. The predicted octanol–water partition coefficient (Wildman–Crippen LogP) is 5.56. The minimum Gasteiger partial charge on any atom is -0.306 e. The van der Waals surface area contributed by atoms with Crippen molar-refractivity contribution < 1.29 is 0 Å². The van der Waals surface area contributed by atoms with Gasteiger partial charge in [0, 0.05) is 19.2 Å². The zero-order valence-electron chi connectivity index (χ0n) is 11.0. The van der Waals surface area contributed by atoms with E-state index in [4.69, 9.17) is 11.6 Å². The highest BCUT2D eigenvalue weighted by molar-refractivity contribution is 9.10. The van der Waals surface area contributed by atoms with Crippen molar-refractivity contribution in [2.24, 2.45) is 0 Å². The minimum atomic E-state index is 0.170. The van der Waals surface area contributed by atoms with E-state index in [0.717, 1.165) is 28.0 Å². The molecule has 0 spiro atoms. The lowest BCUT2D eigenvalue weighted by atomic mass is 10.1. The zero-order valence-corrected chi connectivity index (χ0v) is 14.2. The van der Waals surface area contributed by atoms with Crippen molar-refractivity contribution in [1.29, 1.82) is 0 Å². The van der Waals surface area contributed by atoms with Crippen LogP contribution in [0.3, 0.4) is 0 Å². The predicted molar refractivity (Wildman–Crippen MR) is 88.3 cm³/mol. The van der Waals surface area contributed by atoms with Crippen LogP contribution in [0, 0.1) is 6.92 Å². The minimum absolute atomic E-state index is 0.170. The van der Waals surface area contributed by atoms with Gasteiger partial charge in [-0.3, -0.25) is 0 Å². The van der Waals surface area contributed by atoms with Crippen LogP contribution in [0.4, 0.5) is 0 Å². The third-order valence-electron chi connectivity index (χ3n) is 2.91. The molecule has 0 aliphatic heterocycles. The molecule has 0 aliphatic rings. The Hall–Kier alpha value is -0.350. The first-order chi connectivity index (χ1) is 9.11. The number of benzene rings is 1. The molecule has 0 bridgehead atoms. The molecule has 1 aromatic heterocycles. The molecule has 1 aromatic carbocycles. The number of hydrogen-bond acceptors (Lipinski definition) is 2. The second-order valence-corrected chi connectivity index (χ2v) is 7.14. The SMILES string of the molecule is CCCNC(c1ccc(C)s1)c1cc(Br)ccc1Cl. The molecule has 19 heavy (non-hydrogen) atoms. The van der Waals surface area contributed by atoms with E-state index in [1.54, 1.807) is 0 Å². The molecule has 4 heteroatoms. The summed E-state index contributed by atoms with van der Waals surface area (Å²) in [5.41, 5.74) is 1.13. The second kappa shape index (κ2) is 6.89. The van der Waals surface area contributed by atoms with Gasteiger partial charge in [-0.05, 0) is 55.8 Å². The summed E-state index contributed by atoms with van der Waals surface area (Å²) in [6, 6.07) is 10.5. The molecule has 1 unspecified atom stereocenters. The van der Waals surface area contributed by atoms with Gasteiger partial charge in [0.25, 0.3) is 0 Å². The molecule has 0 saturated carbocycles. The van der Waals surface area contributed by atoms with Crippen LogP contribution in [0.15, 0.2) is 34.8 Å². The lowest BCUT2D eigenvalue weighted by Gasteiger charge is -2.19. The Balaban J connectivity index is 2.39. The van der Waals surface area contributed by atoms with E-state index in [1.807, 2.05) is 23.5 Å². The topological polar surface area (TPSA) is 12.0 Å². The monoisotopic (exact) mass is 357 g/mol. The van der Waals surface area contributed by atoms with E-state index in [9.17, 15) is 0 Å². The lowest BCUT2D eigenvalue weighted by Crippen LogP contribution is -2.22. The smallest absolute Gasteiger partial charge is 0.0686 e. The fourth-order valence-electron chi connectivity index (χ4n) is 2.00. The summed E-state index contributed by atoms with van der Waals surface area (Å²) in [5, 5.41) is 4.40. The van der Waals surface area contributed by atoms with Gasteiger partial charge >= 0.3 is 0 Å². The van der Waals surface area contributed by atoms with Crippen molar-refractivity contribution in [1.82, 2.24) is 5.32 Å². The van der Waals surface area contributed by atoms with Gasteiger partial charge in [0.1, 0.15) is 0 Å². The van der Waals surface area contributed by atoms with Gasteiger partial charge in [0.2, 0.25) is 0 Å². The summed E-state index contributed by atoms with van der Waals surface area (Å²) in [7, 11) is 0. The number of aryl methyl sites for hydroxylation is 1. The molecule has 2 rings (SSSR count). The number of nitrogens with one attached hydrogen (secondary N) is 1. The maximum Gasteiger partial charge on any atom is 0.0686 e. The summed E-state index contributed by atoms with van der Waals surface area (Å²) < 4.78 is 1.06. The maximum absolute atomic E-state index is 6.37. The van der Waals surface area contributed by atoms with Gasteiger partial charge in [0.15, 0.2) is 0 Å². The van der Waals surface area contributed by atoms with E-state index in [0.29, 0.717) is 0 Å². The van der Waals surface area contributed by atoms with E-state index < -0.39 is 0 Å². The second-order valence-electron chi connectivity index (χ2n) is 4.50. The average Bonchev–Trinajstić information content (AvgIpc) is 2.80. The van der Waals surface area contributed by atoms with Crippen LogP contribution in [0.1, 0.15) is 34.7 Å².